The number of likely N-dealkylation sites (N-methyl/N-ethyl adjacent to an activating group) is 1. The van der Waals surface area contributed by atoms with Crippen molar-refractivity contribution >= 4 is 34.2 Å². The third-order valence-electron chi connectivity index (χ3n) is 6.16. The molecule has 190 valence electrons. The summed E-state index contributed by atoms with van der Waals surface area (Å²) in [5.41, 5.74) is 0.127. The number of benzene rings is 2. The summed E-state index contributed by atoms with van der Waals surface area (Å²) >= 11 is 0. The molecule has 1 aromatic heterocycles. The molecule has 1 saturated heterocycles. The van der Waals surface area contributed by atoms with Crippen molar-refractivity contribution in [2.24, 2.45) is 0 Å². The summed E-state index contributed by atoms with van der Waals surface area (Å²) in [6.07, 6.45) is 0. The van der Waals surface area contributed by atoms with Gasteiger partial charge in [0, 0.05) is 56.9 Å². The van der Waals surface area contributed by atoms with E-state index in [0.29, 0.717) is 23.1 Å². The molecule has 0 radical (unpaired) electrons. The number of carboxylic acid groups (broad SMARTS) is 1. The third kappa shape index (κ3) is 5.64. The van der Waals surface area contributed by atoms with Crippen molar-refractivity contribution in [1.82, 2.24) is 14.8 Å². The average molecular weight is 498 g/mol. The molecule has 4 N–H and O–H groups in total. The highest BCUT2D eigenvalue weighted by Crippen LogP contribution is 2.25. The maximum absolute atomic E-state index is 14.0. The predicted octanol–water partition coefficient (Wildman–Crippen LogP) is 2.29. The Bertz CT molecular complexity index is 1350. The van der Waals surface area contributed by atoms with Gasteiger partial charge in [0.1, 0.15) is 29.3 Å². The Hall–Kier alpha value is -3.96. The van der Waals surface area contributed by atoms with E-state index >= 15 is 0 Å². The fourth-order valence-corrected chi connectivity index (χ4v) is 4.10. The Morgan fingerprint density at radius 3 is 2.56 bits per heavy atom. The first-order chi connectivity index (χ1) is 17.2. The smallest absolute Gasteiger partial charge is 0.339 e. The van der Waals surface area contributed by atoms with Crippen LogP contribution >= 0.6 is 0 Å². The van der Waals surface area contributed by atoms with Crippen LogP contribution in [0.15, 0.2) is 41.2 Å². The summed E-state index contributed by atoms with van der Waals surface area (Å²) in [5, 5.41) is 15.3. The zero-order valence-corrected chi connectivity index (χ0v) is 20.1. The molecular formula is C25H28FN5O5. The van der Waals surface area contributed by atoms with Crippen LogP contribution in [0.1, 0.15) is 20.7 Å². The van der Waals surface area contributed by atoms with Crippen molar-refractivity contribution in [1.29, 1.82) is 0 Å². The predicted molar refractivity (Wildman–Crippen MR) is 135 cm³/mol. The van der Waals surface area contributed by atoms with E-state index in [2.05, 4.69) is 32.5 Å². The minimum absolute atomic E-state index is 0.0370. The molecule has 1 amide bonds. The number of nitrogens with one attached hydrogen (secondary N) is 3. The second kappa shape index (κ2) is 10.8. The lowest BCUT2D eigenvalue weighted by Gasteiger charge is -2.32. The lowest BCUT2D eigenvalue weighted by molar-refractivity contribution is 0.0690. The van der Waals surface area contributed by atoms with E-state index in [0.717, 1.165) is 26.2 Å². The number of carbonyl (C=O) groups is 2. The van der Waals surface area contributed by atoms with Gasteiger partial charge in [0.25, 0.3) is 11.5 Å². The second-order valence-electron chi connectivity index (χ2n) is 8.64. The number of pyridine rings is 1. The van der Waals surface area contributed by atoms with Crippen LogP contribution in [0, 0.1) is 5.82 Å². The van der Waals surface area contributed by atoms with Crippen LogP contribution in [0.4, 0.5) is 15.8 Å². The number of halogens is 1. The number of aromatic amines is 1. The first kappa shape index (κ1) is 25.1. The number of aromatic carboxylic acids is 1. The quantitative estimate of drug-likeness (QED) is 0.373. The second-order valence-corrected chi connectivity index (χ2v) is 8.64. The maximum Gasteiger partial charge on any atom is 0.339 e. The van der Waals surface area contributed by atoms with E-state index < -0.39 is 23.3 Å². The van der Waals surface area contributed by atoms with Crippen molar-refractivity contribution in [3.63, 3.8) is 0 Å². The monoisotopic (exact) mass is 497 g/mol. The van der Waals surface area contributed by atoms with Gasteiger partial charge in [-0.15, -0.1) is 0 Å². The lowest BCUT2D eigenvalue weighted by atomic mass is 10.1. The standard InChI is InChI=1S/C25H28FN5O5/c1-27-20-13-16(26)11-15-12-19(24(33)29-22(15)20)23(32)28-17-3-4-18(25(34)35)21(14-17)36-10-9-31-7-5-30(2)6-8-31/h3-4,11-14,27H,5-10H2,1-2H3,(H,28,32)(H,29,33)(H,34,35). The number of nitrogens with zero attached hydrogens (tertiary/aromatic N) is 2. The first-order valence-electron chi connectivity index (χ1n) is 11.5. The fraction of sp³-hybridized carbons (Fsp3) is 0.320. The lowest BCUT2D eigenvalue weighted by Crippen LogP contribution is -2.45. The number of fused-ring (bicyclic) bond motifs is 1. The molecule has 3 aromatic rings. The third-order valence-corrected chi connectivity index (χ3v) is 6.16. The molecule has 2 aromatic carbocycles. The molecule has 0 aliphatic carbocycles. The minimum atomic E-state index is -1.16. The van der Waals surface area contributed by atoms with E-state index in [4.69, 9.17) is 4.74 Å². The number of aromatic nitrogens is 1. The molecular weight excluding hydrogens is 469 g/mol. The zero-order valence-electron chi connectivity index (χ0n) is 20.1. The molecule has 1 aliphatic rings. The van der Waals surface area contributed by atoms with Gasteiger partial charge in [0.15, 0.2) is 0 Å². The van der Waals surface area contributed by atoms with Crippen LogP contribution in [0.5, 0.6) is 5.75 Å². The molecule has 4 rings (SSSR count). The van der Waals surface area contributed by atoms with Crippen molar-refractivity contribution in [3.8, 4) is 5.75 Å². The number of piperazine rings is 1. The Balaban J connectivity index is 1.52. The van der Waals surface area contributed by atoms with E-state index in [1.165, 1.54) is 36.4 Å². The van der Waals surface area contributed by atoms with Gasteiger partial charge in [0.05, 0.1) is 11.2 Å². The van der Waals surface area contributed by atoms with Gasteiger partial charge in [-0.25, -0.2) is 9.18 Å². The normalized spacial score (nSPS) is 14.5. The van der Waals surface area contributed by atoms with Gasteiger partial charge < -0.3 is 30.4 Å². The highest BCUT2D eigenvalue weighted by Gasteiger charge is 2.18. The Morgan fingerprint density at radius 2 is 1.86 bits per heavy atom. The van der Waals surface area contributed by atoms with Crippen LogP contribution in [-0.2, 0) is 0 Å². The number of amides is 1. The highest BCUT2D eigenvalue weighted by atomic mass is 19.1. The van der Waals surface area contributed by atoms with Crippen LogP contribution in [0.2, 0.25) is 0 Å². The number of hydrogen-bond donors (Lipinski definition) is 4. The summed E-state index contributed by atoms with van der Waals surface area (Å²) in [6, 6.07) is 7.95. The number of ether oxygens (including phenoxy) is 1. The van der Waals surface area contributed by atoms with Gasteiger partial charge in [0.2, 0.25) is 0 Å². The van der Waals surface area contributed by atoms with Crippen molar-refractivity contribution in [2.75, 3.05) is 64.1 Å². The van der Waals surface area contributed by atoms with Gasteiger partial charge in [-0.3, -0.25) is 14.5 Å². The maximum atomic E-state index is 14.0. The Morgan fingerprint density at radius 1 is 1.11 bits per heavy atom. The molecule has 10 nitrogen and oxygen atoms in total. The number of carboxylic acids is 1. The Kier molecular flexibility index (Phi) is 7.51. The van der Waals surface area contributed by atoms with Crippen molar-refractivity contribution in [2.45, 2.75) is 0 Å². The number of carbonyl (C=O) groups excluding carboxylic acids is 1. The van der Waals surface area contributed by atoms with Crippen LogP contribution in [0.25, 0.3) is 10.9 Å². The summed E-state index contributed by atoms with van der Waals surface area (Å²) in [7, 11) is 3.66. The van der Waals surface area contributed by atoms with E-state index in [-0.39, 0.29) is 29.2 Å². The largest absolute Gasteiger partial charge is 0.491 e. The molecule has 0 saturated carbocycles. The minimum Gasteiger partial charge on any atom is -0.491 e. The Labute approximate surface area is 206 Å². The molecule has 1 fully saturated rings. The molecule has 11 heteroatoms. The molecule has 0 unspecified atom stereocenters. The number of anilines is 2. The average Bonchev–Trinajstić information content (AvgIpc) is 2.84. The molecule has 2 heterocycles. The number of rotatable bonds is 8. The molecule has 0 atom stereocenters. The van der Waals surface area contributed by atoms with Crippen molar-refractivity contribution < 1.29 is 23.8 Å². The van der Waals surface area contributed by atoms with Crippen LogP contribution in [-0.4, -0.2) is 85.2 Å². The summed E-state index contributed by atoms with van der Waals surface area (Å²) < 4.78 is 19.7. The molecule has 36 heavy (non-hydrogen) atoms. The van der Waals surface area contributed by atoms with E-state index in [1.807, 2.05) is 0 Å². The summed E-state index contributed by atoms with van der Waals surface area (Å²) in [4.78, 5) is 44.2. The van der Waals surface area contributed by atoms with Gasteiger partial charge >= 0.3 is 5.97 Å². The first-order valence-corrected chi connectivity index (χ1v) is 11.5. The number of H-pyrrole nitrogens is 1. The SMILES string of the molecule is CNc1cc(F)cc2cc(C(=O)Nc3ccc(C(=O)O)c(OCCN4CCN(C)CC4)c3)c(=O)[nH]c12. The highest BCUT2D eigenvalue weighted by molar-refractivity contribution is 6.06. The summed E-state index contributed by atoms with van der Waals surface area (Å²) in [6.45, 7) is 4.65. The molecule has 0 bridgehead atoms. The van der Waals surface area contributed by atoms with Crippen LogP contribution < -0.4 is 20.9 Å². The molecule has 0 spiro atoms. The van der Waals surface area contributed by atoms with Gasteiger partial charge in [-0.1, -0.05) is 0 Å². The molecule has 1 aliphatic heterocycles. The number of hydrogen-bond acceptors (Lipinski definition) is 7. The topological polar surface area (TPSA) is 127 Å². The van der Waals surface area contributed by atoms with E-state index in [1.54, 1.807) is 7.05 Å². The van der Waals surface area contributed by atoms with Gasteiger partial charge in [-0.05, 0) is 37.4 Å². The summed E-state index contributed by atoms with van der Waals surface area (Å²) in [5.74, 6) is -2.29. The zero-order chi connectivity index (χ0) is 25.8. The van der Waals surface area contributed by atoms with Gasteiger partial charge in [-0.2, -0.15) is 0 Å². The van der Waals surface area contributed by atoms with Crippen LogP contribution in [0.3, 0.4) is 0 Å². The van der Waals surface area contributed by atoms with Crippen molar-refractivity contribution in [3.05, 3.63) is 63.7 Å². The van der Waals surface area contributed by atoms with E-state index in [9.17, 15) is 23.9 Å². The fourth-order valence-electron chi connectivity index (χ4n) is 4.10.